The molecular weight excluding hydrogens is 246 g/mol. The Kier molecular flexibility index (Phi) is 12.9. The summed E-state index contributed by atoms with van der Waals surface area (Å²) in [6, 6.07) is 0. The van der Waals surface area contributed by atoms with E-state index in [4.69, 9.17) is 14.2 Å². The molecule has 5 nitrogen and oxygen atoms in total. The Bertz CT molecular complexity index is 244. The molecule has 0 saturated heterocycles. The molecule has 0 fully saturated rings. The largest absolute Gasteiger partial charge is 0.379 e. The average Bonchev–Trinajstić information content (AvgIpc) is 2.39. The Labute approximate surface area is 116 Å². The van der Waals surface area contributed by atoms with Crippen molar-refractivity contribution in [2.45, 2.75) is 26.7 Å². The van der Waals surface area contributed by atoms with E-state index in [9.17, 15) is 4.79 Å². The molecular formula is C14H27NO4. The van der Waals surface area contributed by atoms with Crippen LogP contribution in [-0.4, -0.2) is 52.1 Å². The van der Waals surface area contributed by atoms with Crippen LogP contribution in [0.15, 0.2) is 12.2 Å². The molecule has 0 aliphatic heterocycles. The molecule has 0 aliphatic carbocycles. The van der Waals surface area contributed by atoms with Crippen LogP contribution < -0.4 is 5.32 Å². The van der Waals surface area contributed by atoms with E-state index in [1.807, 2.05) is 0 Å². The lowest BCUT2D eigenvalue weighted by Gasteiger charge is -2.07. The summed E-state index contributed by atoms with van der Waals surface area (Å²) in [6.07, 6.45) is 1.82. The lowest BCUT2D eigenvalue weighted by molar-refractivity contribution is -0.117. The fourth-order valence-corrected chi connectivity index (χ4v) is 1.21. The highest BCUT2D eigenvalue weighted by atomic mass is 16.5. The summed E-state index contributed by atoms with van der Waals surface area (Å²) in [5, 5.41) is 2.75. The highest BCUT2D eigenvalue weighted by molar-refractivity contribution is 5.91. The topological polar surface area (TPSA) is 56.8 Å². The minimum atomic E-state index is -0.101. The van der Waals surface area contributed by atoms with E-state index in [2.05, 4.69) is 18.8 Å². The molecule has 1 amide bonds. The number of hydrogen-bond donors (Lipinski definition) is 1. The number of nitrogens with one attached hydrogen (secondary N) is 1. The Morgan fingerprint density at radius 3 is 2.05 bits per heavy atom. The SMILES string of the molecule is C=C(C)C(=O)NCCCOCCOCCOCCC. The van der Waals surface area contributed by atoms with E-state index in [0.29, 0.717) is 45.2 Å². The van der Waals surface area contributed by atoms with Crippen LogP contribution in [0.5, 0.6) is 0 Å². The number of carbonyl (C=O) groups excluding carboxylic acids is 1. The third-order valence-electron chi connectivity index (χ3n) is 2.23. The maximum absolute atomic E-state index is 11.1. The molecule has 112 valence electrons. The van der Waals surface area contributed by atoms with Crippen molar-refractivity contribution in [1.29, 1.82) is 0 Å². The summed E-state index contributed by atoms with van der Waals surface area (Å²) in [7, 11) is 0. The standard InChI is InChI=1S/C14H27NO4/c1-4-7-17-9-11-19-12-10-18-8-5-6-15-14(16)13(2)3/h2,4-12H2,1,3H3,(H,15,16). The van der Waals surface area contributed by atoms with E-state index in [1.54, 1.807) is 6.92 Å². The molecule has 19 heavy (non-hydrogen) atoms. The van der Waals surface area contributed by atoms with Gasteiger partial charge >= 0.3 is 0 Å². The van der Waals surface area contributed by atoms with Crippen LogP contribution >= 0.6 is 0 Å². The first-order valence-electron chi connectivity index (χ1n) is 6.85. The van der Waals surface area contributed by atoms with Crippen LogP contribution in [0.25, 0.3) is 0 Å². The molecule has 0 aromatic carbocycles. The molecule has 1 N–H and O–H groups in total. The number of ether oxygens (including phenoxy) is 3. The van der Waals surface area contributed by atoms with Gasteiger partial charge in [-0.05, 0) is 19.8 Å². The summed E-state index contributed by atoms with van der Waals surface area (Å²) in [5.41, 5.74) is 0.527. The zero-order valence-corrected chi connectivity index (χ0v) is 12.2. The van der Waals surface area contributed by atoms with Crippen molar-refractivity contribution in [3.63, 3.8) is 0 Å². The zero-order valence-electron chi connectivity index (χ0n) is 12.2. The van der Waals surface area contributed by atoms with Gasteiger partial charge in [-0.25, -0.2) is 0 Å². The Morgan fingerprint density at radius 1 is 1.00 bits per heavy atom. The van der Waals surface area contributed by atoms with E-state index in [1.165, 1.54) is 0 Å². The summed E-state index contributed by atoms with van der Waals surface area (Å²) < 4.78 is 16.0. The summed E-state index contributed by atoms with van der Waals surface area (Å²) in [4.78, 5) is 11.1. The molecule has 0 rings (SSSR count). The second-order valence-electron chi connectivity index (χ2n) is 4.23. The lowest BCUT2D eigenvalue weighted by Crippen LogP contribution is -2.25. The monoisotopic (exact) mass is 273 g/mol. The van der Waals surface area contributed by atoms with Crippen LogP contribution in [0.4, 0.5) is 0 Å². The predicted octanol–water partition coefficient (Wildman–Crippen LogP) is 1.53. The van der Waals surface area contributed by atoms with Gasteiger partial charge in [-0.1, -0.05) is 13.5 Å². The Hall–Kier alpha value is -0.910. The van der Waals surface area contributed by atoms with Gasteiger partial charge in [0.2, 0.25) is 5.91 Å². The van der Waals surface area contributed by atoms with Gasteiger partial charge in [0.15, 0.2) is 0 Å². The third-order valence-corrected chi connectivity index (χ3v) is 2.23. The van der Waals surface area contributed by atoms with Crippen LogP contribution in [-0.2, 0) is 19.0 Å². The fraction of sp³-hybridized carbons (Fsp3) is 0.786. The maximum Gasteiger partial charge on any atom is 0.246 e. The summed E-state index contributed by atoms with van der Waals surface area (Å²) in [5.74, 6) is -0.101. The molecule has 0 heterocycles. The van der Waals surface area contributed by atoms with Gasteiger partial charge in [-0.15, -0.1) is 0 Å². The van der Waals surface area contributed by atoms with E-state index in [-0.39, 0.29) is 5.91 Å². The van der Waals surface area contributed by atoms with Crippen molar-refractivity contribution in [1.82, 2.24) is 5.32 Å². The van der Waals surface area contributed by atoms with Crippen molar-refractivity contribution >= 4 is 5.91 Å². The Morgan fingerprint density at radius 2 is 1.53 bits per heavy atom. The van der Waals surface area contributed by atoms with E-state index in [0.717, 1.165) is 19.4 Å². The molecule has 5 heteroatoms. The van der Waals surface area contributed by atoms with Gasteiger partial charge in [0.1, 0.15) is 0 Å². The first-order valence-corrected chi connectivity index (χ1v) is 6.85. The normalized spacial score (nSPS) is 10.4. The number of hydrogen-bond acceptors (Lipinski definition) is 4. The zero-order chi connectivity index (χ0) is 14.3. The van der Waals surface area contributed by atoms with E-state index >= 15 is 0 Å². The second kappa shape index (κ2) is 13.5. The minimum absolute atomic E-state index is 0.101. The van der Waals surface area contributed by atoms with Crippen molar-refractivity contribution in [3.8, 4) is 0 Å². The molecule has 0 bridgehead atoms. The molecule has 0 spiro atoms. The molecule has 0 atom stereocenters. The van der Waals surface area contributed by atoms with Crippen LogP contribution in [0.1, 0.15) is 26.7 Å². The minimum Gasteiger partial charge on any atom is -0.379 e. The van der Waals surface area contributed by atoms with Gasteiger partial charge in [0, 0.05) is 25.3 Å². The van der Waals surface area contributed by atoms with Gasteiger partial charge in [-0.3, -0.25) is 4.79 Å². The van der Waals surface area contributed by atoms with Crippen molar-refractivity contribution in [3.05, 3.63) is 12.2 Å². The maximum atomic E-state index is 11.1. The molecule has 0 aromatic rings. The van der Waals surface area contributed by atoms with Gasteiger partial charge in [0.05, 0.1) is 26.4 Å². The number of carbonyl (C=O) groups is 1. The predicted molar refractivity (Wildman–Crippen MR) is 75.2 cm³/mol. The molecule has 0 radical (unpaired) electrons. The smallest absolute Gasteiger partial charge is 0.246 e. The number of amides is 1. The molecule has 0 unspecified atom stereocenters. The first kappa shape index (κ1) is 18.1. The first-order chi connectivity index (χ1) is 9.18. The van der Waals surface area contributed by atoms with Gasteiger partial charge in [0.25, 0.3) is 0 Å². The van der Waals surface area contributed by atoms with Crippen LogP contribution in [0, 0.1) is 0 Å². The van der Waals surface area contributed by atoms with E-state index < -0.39 is 0 Å². The third kappa shape index (κ3) is 13.3. The van der Waals surface area contributed by atoms with Gasteiger partial charge < -0.3 is 19.5 Å². The molecule has 0 aromatic heterocycles. The van der Waals surface area contributed by atoms with Gasteiger partial charge in [-0.2, -0.15) is 0 Å². The van der Waals surface area contributed by atoms with Crippen LogP contribution in [0.2, 0.25) is 0 Å². The lowest BCUT2D eigenvalue weighted by atomic mass is 10.3. The second-order valence-corrected chi connectivity index (χ2v) is 4.23. The van der Waals surface area contributed by atoms with Crippen molar-refractivity contribution in [2.75, 3.05) is 46.2 Å². The highest BCUT2D eigenvalue weighted by Gasteiger charge is 1.99. The van der Waals surface area contributed by atoms with Crippen LogP contribution in [0.3, 0.4) is 0 Å². The van der Waals surface area contributed by atoms with Crippen molar-refractivity contribution < 1.29 is 19.0 Å². The molecule has 0 saturated carbocycles. The Balaban J connectivity index is 3.07. The fourth-order valence-electron chi connectivity index (χ4n) is 1.21. The summed E-state index contributed by atoms with van der Waals surface area (Å²) >= 11 is 0. The quantitative estimate of drug-likeness (QED) is 0.408. The summed E-state index contributed by atoms with van der Waals surface area (Å²) in [6.45, 7) is 11.7. The average molecular weight is 273 g/mol. The van der Waals surface area contributed by atoms with Crippen molar-refractivity contribution in [2.24, 2.45) is 0 Å². The molecule has 0 aliphatic rings. The number of rotatable bonds is 13. The highest BCUT2D eigenvalue weighted by Crippen LogP contribution is 1.88.